The highest BCUT2D eigenvalue weighted by Gasteiger charge is 2.20. The number of amides is 1. The summed E-state index contributed by atoms with van der Waals surface area (Å²) >= 11 is 1.53. The van der Waals surface area contributed by atoms with Crippen LogP contribution in [0.15, 0.2) is 59.5 Å². The maximum Gasteiger partial charge on any atom is 0.230 e. The molecule has 0 saturated carbocycles. The van der Waals surface area contributed by atoms with Crippen LogP contribution in [0.2, 0.25) is 0 Å². The third-order valence-electron chi connectivity index (χ3n) is 4.59. The summed E-state index contributed by atoms with van der Waals surface area (Å²) in [6, 6.07) is 18.1. The first-order chi connectivity index (χ1) is 12.7. The van der Waals surface area contributed by atoms with Crippen LogP contribution in [0.4, 0.5) is 0 Å². The van der Waals surface area contributed by atoms with E-state index < -0.39 is 0 Å². The first-order valence-electron chi connectivity index (χ1n) is 9.08. The summed E-state index contributed by atoms with van der Waals surface area (Å²) in [5.41, 5.74) is 1.17. The monoisotopic (exact) mass is 370 g/mol. The van der Waals surface area contributed by atoms with E-state index in [1.54, 1.807) is 7.11 Å². The van der Waals surface area contributed by atoms with Crippen LogP contribution in [0.3, 0.4) is 0 Å². The Hall–Kier alpha value is -1.98. The van der Waals surface area contributed by atoms with Crippen molar-refractivity contribution in [3.63, 3.8) is 0 Å². The van der Waals surface area contributed by atoms with Crippen LogP contribution in [0.1, 0.15) is 24.4 Å². The zero-order valence-electron chi connectivity index (χ0n) is 15.2. The summed E-state index contributed by atoms with van der Waals surface area (Å²) in [7, 11) is 1.65. The highest BCUT2D eigenvalue weighted by molar-refractivity contribution is 8.00. The molecule has 3 rings (SSSR count). The van der Waals surface area contributed by atoms with Crippen LogP contribution in [-0.4, -0.2) is 43.3 Å². The molecule has 2 aromatic carbocycles. The molecule has 1 amide bonds. The van der Waals surface area contributed by atoms with Crippen molar-refractivity contribution in [1.82, 2.24) is 10.2 Å². The number of ether oxygens (including phenoxy) is 1. The topological polar surface area (TPSA) is 41.6 Å². The quantitative estimate of drug-likeness (QED) is 0.719. The van der Waals surface area contributed by atoms with Gasteiger partial charge in [-0.05, 0) is 49.7 Å². The van der Waals surface area contributed by atoms with Gasteiger partial charge in [0.25, 0.3) is 0 Å². The van der Waals surface area contributed by atoms with E-state index in [4.69, 9.17) is 4.74 Å². The molecule has 4 nitrogen and oxygen atoms in total. The maximum atomic E-state index is 12.5. The number of hydrogen-bond donors (Lipinski definition) is 1. The molecule has 1 saturated heterocycles. The van der Waals surface area contributed by atoms with Crippen LogP contribution in [0, 0.1) is 0 Å². The number of hydrogen-bond acceptors (Lipinski definition) is 4. The number of carbonyl (C=O) groups excluding carboxylic acids is 1. The second-order valence-electron chi connectivity index (χ2n) is 6.51. The van der Waals surface area contributed by atoms with Crippen LogP contribution in [0.5, 0.6) is 5.75 Å². The highest BCUT2D eigenvalue weighted by Crippen LogP contribution is 2.23. The Balaban J connectivity index is 1.59. The van der Waals surface area contributed by atoms with Crippen LogP contribution in [-0.2, 0) is 4.79 Å². The molecule has 1 N–H and O–H groups in total. The Morgan fingerprint density at radius 3 is 2.65 bits per heavy atom. The van der Waals surface area contributed by atoms with Gasteiger partial charge in [0.15, 0.2) is 0 Å². The van der Waals surface area contributed by atoms with Crippen molar-refractivity contribution in [1.29, 1.82) is 0 Å². The number of nitrogens with zero attached hydrogens (tertiary/aromatic N) is 1. The van der Waals surface area contributed by atoms with Gasteiger partial charge < -0.3 is 15.0 Å². The summed E-state index contributed by atoms with van der Waals surface area (Å²) < 4.78 is 5.24. The lowest BCUT2D eigenvalue weighted by Crippen LogP contribution is -2.37. The number of carbonyl (C=O) groups is 1. The predicted molar refractivity (Wildman–Crippen MR) is 107 cm³/mol. The summed E-state index contributed by atoms with van der Waals surface area (Å²) in [6.45, 7) is 3.12. The van der Waals surface area contributed by atoms with Gasteiger partial charge in [-0.2, -0.15) is 0 Å². The SMILES string of the molecule is COc1cccc(SCC(=O)NC(CN2CCCC2)c2ccccc2)c1. The molecule has 1 heterocycles. The van der Waals surface area contributed by atoms with Gasteiger partial charge in [-0.25, -0.2) is 0 Å². The maximum absolute atomic E-state index is 12.5. The van der Waals surface area contributed by atoms with E-state index in [0.717, 1.165) is 30.3 Å². The molecule has 1 aliphatic heterocycles. The van der Waals surface area contributed by atoms with Crippen molar-refractivity contribution in [3.8, 4) is 5.75 Å². The van der Waals surface area contributed by atoms with Gasteiger partial charge in [-0.1, -0.05) is 36.4 Å². The molecule has 0 spiro atoms. The molecule has 138 valence electrons. The zero-order valence-corrected chi connectivity index (χ0v) is 16.0. The fourth-order valence-electron chi connectivity index (χ4n) is 3.22. The number of likely N-dealkylation sites (tertiary alicyclic amines) is 1. The fourth-order valence-corrected chi connectivity index (χ4v) is 3.97. The Bertz CT molecular complexity index is 702. The van der Waals surface area contributed by atoms with E-state index in [0.29, 0.717) is 5.75 Å². The third-order valence-corrected chi connectivity index (χ3v) is 5.58. The zero-order chi connectivity index (χ0) is 18.2. The van der Waals surface area contributed by atoms with Crippen LogP contribution < -0.4 is 10.1 Å². The van der Waals surface area contributed by atoms with Crippen molar-refractivity contribution < 1.29 is 9.53 Å². The lowest BCUT2D eigenvalue weighted by molar-refractivity contribution is -0.119. The number of rotatable bonds is 8. The molecule has 0 radical (unpaired) electrons. The van der Waals surface area contributed by atoms with E-state index in [2.05, 4.69) is 22.3 Å². The smallest absolute Gasteiger partial charge is 0.230 e. The molecule has 0 aromatic heterocycles. The summed E-state index contributed by atoms with van der Waals surface area (Å²) in [5, 5.41) is 3.23. The van der Waals surface area contributed by atoms with Gasteiger partial charge in [0.05, 0.1) is 18.9 Å². The summed E-state index contributed by atoms with van der Waals surface area (Å²) in [6.07, 6.45) is 2.50. The molecular weight excluding hydrogens is 344 g/mol. The number of nitrogens with one attached hydrogen (secondary N) is 1. The lowest BCUT2D eigenvalue weighted by atomic mass is 10.1. The average molecular weight is 371 g/mol. The second-order valence-corrected chi connectivity index (χ2v) is 7.55. The van der Waals surface area contributed by atoms with Crippen LogP contribution in [0.25, 0.3) is 0 Å². The minimum absolute atomic E-state index is 0.0349. The number of benzene rings is 2. The van der Waals surface area contributed by atoms with Gasteiger partial charge in [-0.15, -0.1) is 11.8 Å². The van der Waals surface area contributed by atoms with Crippen molar-refractivity contribution in [2.75, 3.05) is 32.5 Å². The normalized spacial score (nSPS) is 15.6. The largest absolute Gasteiger partial charge is 0.497 e. The van der Waals surface area contributed by atoms with Gasteiger partial charge in [0.1, 0.15) is 5.75 Å². The number of thioether (sulfide) groups is 1. The molecule has 26 heavy (non-hydrogen) atoms. The van der Waals surface area contributed by atoms with Gasteiger partial charge in [0, 0.05) is 11.4 Å². The molecule has 2 aromatic rings. The first kappa shape index (κ1) is 18.8. The van der Waals surface area contributed by atoms with Crippen molar-refractivity contribution >= 4 is 17.7 Å². The van der Waals surface area contributed by atoms with Gasteiger partial charge in [0.2, 0.25) is 5.91 Å². The number of methoxy groups -OCH3 is 1. The fraction of sp³-hybridized carbons (Fsp3) is 0.381. The van der Waals surface area contributed by atoms with Crippen LogP contribution >= 0.6 is 11.8 Å². The average Bonchev–Trinajstić information content (AvgIpc) is 3.20. The minimum atomic E-state index is 0.0349. The highest BCUT2D eigenvalue weighted by atomic mass is 32.2. The molecule has 1 aliphatic rings. The molecule has 0 bridgehead atoms. The Morgan fingerprint density at radius 2 is 1.92 bits per heavy atom. The Morgan fingerprint density at radius 1 is 1.15 bits per heavy atom. The first-order valence-corrected chi connectivity index (χ1v) is 10.1. The molecule has 5 heteroatoms. The molecule has 1 unspecified atom stereocenters. The van der Waals surface area contributed by atoms with E-state index in [1.807, 2.05) is 42.5 Å². The van der Waals surface area contributed by atoms with Crippen molar-refractivity contribution in [2.24, 2.45) is 0 Å². The second kappa shape index (κ2) is 9.64. The van der Waals surface area contributed by atoms with Gasteiger partial charge in [-0.3, -0.25) is 4.79 Å². The summed E-state index contributed by atoms with van der Waals surface area (Å²) in [4.78, 5) is 16.0. The van der Waals surface area contributed by atoms with Crippen molar-refractivity contribution in [2.45, 2.75) is 23.8 Å². The minimum Gasteiger partial charge on any atom is -0.497 e. The molecular formula is C21H26N2O2S. The molecule has 0 aliphatic carbocycles. The Labute approximate surface area is 159 Å². The standard InChI is InChI=1S/C21H26N2O2S/c1-25-18-10-7-11-19(14-18)26-16-21(24)22-20(15-23-12-5-6-13-23)17-8-3-2-4-9-17/h2-4,7-11,14,20H,5-6,12-13,15-16H2,1H3,(H,22,24). The van der Waals surface area contributed by atoms with Gasteiger partial charge >= 0.3 is 0 Å². The summed E-state index contributed by atoms with van der Waals surface area (Å²) in [5.74, 6) is 1.27. The van der Waals surface area contributed by atoms with E-state index in [-0.39, 0.29) is 11.9 Å². The lowest BCUT2D eigenvalue weighted by Gasteiger charge is -2.25. The van der Waals surface area contributed by atoms with Crippen molar-refractivity contribution in [3.05, 3.63) is 60.2 Å². The third kappa shape index (κ3) is 5.51. The molecule has 1 atom stereocenters. The predicted octanol–water partition coefficient (Wildman–Crippen LogP) is 3.74. The van der Waals surface area contributed by atoms with E-state index in [1.165, 1.54) is 30.2 Å². The van der Waals surface area contributed by atoms with E-state index in [9.17, 15) is 4.79 Å². The van der Waals surface area contributed by atoms with E-state index >= 15 is 0 Å². The Kier molecular flexibility index (Phi) is 6.97. The molecule has 1 fully saturated rings.